The molecule has 0 spiro atoms. The zero-order chi connectivity index (χ0) is 17.8. The van der Waals surface area contributed by atoms with Crippen LogP contribution in [0.15, 0.2) is 29.1 Å². The van der Waals surface area contributed by atoms with Crippen LogP contribution in [0.3, 0.4) is 0 Å². The van der Waals surface area contributed by atoms with Gasteiger partial charge in [-0.25, -0.2) is 18.9 Å². The Labute approximate surface area is 144 Å². The van der Waals surface area contributed by atoms with Crippen LogP contribution in [0.4, 0.5) is 0 Å². The third-order valence-electron chi connectivity index (χ3n) is 4.33. The SMILES string of the molecule is CC(C)(C)c1nc2ccccc2c2nn(CC(=O)NC3CC3)c(=O)n12. The van der Waals surface area contributed by atoms with Crippen molar-refractivity contribution in [3.63, 3.8) is 0 Å². The minimum absolute atomic E-state index is 0.0745. The van der Waals surface area contributed by atoms with Crippen LogP contribution in [-0.4, -0.2) is 31.1 Å². The van der Waals surface area contributed by atoms with Gasteiger partial charge < -0.3 is 5.32 Å². The summed E-state index contributed by atoms with van der Waals surface area (Å²) >= 11 is 0. The Kier molecular flexibility index (Phi) is 3.42. The molecule has 0 atom stereocenters. The van der Waals surface area contributed by atoms with Crippen LogP contribution in [0.2, 0.25) is 0 Å². The summed E-state index contributed by atoms with van der Waals surface area (Å²) in [5, 5.41) is 8.14. The van der Waals surface area contributed by atoms with E-state index in [1.54, 1.807) is 0 Å². The van der Waals surface area contributed by atoms with Gasteiger partial charge >= 0.3 is 5.69 Å². The zero-order valence-electron chi connectivity index (χ0n) is 14.6. The smallest absolute Gasteiger partial charge is 0.352 e. The molecular weight excluding hydrogens is 318 g/mol. The van der Waals surface area contributed by atoms with E-state index in [9.17, 15) is 9.59 Å². The van der Waals surface area contributed by atoms with E-state index < -0.39 is 0 Å². The predicted octanol–water partition coefficient (Wildman–Crippen LogP) is 1.62. The second-order valence-electron chi connectivity index (χ2n) is 7.64. The summed E-state index contributed by atoms with van der Waals surface area (Å²) in [6.07, 6.45) is 2.02. The number of nitrogens with one attached hydrogen (secondary N) is 1. The van der Waals surface area contributed by atoms with Crippen LogP contribution in [0, 0.1) is 0 Å². The van der Waals surface area contributed by atoms with Gasteiger partial charge in [-0.3, -0.25) is 4.79 Å². The maximum Gasteiger partial charge on any atom is 0.352 e. The molecule has 0 bridgehead atoms. The first-order valence-corrected chi connectivity index (χ1v) is 8.53. The van der Waals surface area contributed by atoms with Gasteiger partial charge in [0.2, 0.25) is 5.91 Å². The molecule has 7 nitrogen and oxygen atoms in total. The van der Waals surface area contributed by atoms with Crippen molar-refractivity contribution in [2.45, 2.75) is 51.6 Å². The average molecular weight is 339 g/mol. The summed E-state index contributed by atoms with van der Waals surface area (Å²) in [5.74, 6) is 0.461. The van der Waals surface area contributed by atoms with Crippen molar-refractivity contribution in [1.29, 1.82) is 0 Å². The van der Waals surface area contributed by atoms with E-state index in [0.717, 1.165) is 23.7 Å². The average Bonchev–Trinajstić information content (AvgIpc) is 3.30. The Bertz CT molecular complexity index is 1040. The lowest BCUT2D eigenvalue weighted by molar-refractivity contribution is -0.122. The Morgan fingerprint density at radius 3 is 2.68 bits per heavy atom. The van der Waals surface area contributed by atoms with Gasteiger partial charge in [0.1, 0.15) is 12.4 Å². The maximum absolute atomic E-state index is 12.9. The number of carbonyl (C=O) groups is 1. The fourth-order valence-electron chi connectivity index (χ4n) is 2.94. The molecule has 130 valence electrons. The molecular formula is C18H21N5O2. The molecule has 1 aromatic carbocycles. The predicted molar refractivity (Wildman–Crippen MR) is 94.6 cm³/mol. The lowest BCUT2D eigenvalue weighted by Crippen LogP contribution is -2.34. The van der Waals surface area contributed by atoms with Gasteiger partial charge in [0.25, 0.3) is 0 Å². The zero-order valence-corrected chi connectivity index (χ0v) is 14.6. The molecule has 0 unspecified atom stereocenters. The highest BCUT2D eigenvalue weighted by atomic mass is 16.2. The van der Waals surface area contributed by atoms with Crippen LogP contribution in [0.25, 0.3) is 16.6 Å². The largest absolute Gasteiger partial charge is 0.352 e. The van der Waals surface area contributed by atoms with E-state index >= 15 is 0 Å². The summed E-state index contributed by atoms with van der Waals surface area (Å²) in [5.41, 5.74) is 0.666. The van der Waals surface area contributed by atoms with Gasteiger partial charge in [0.05, 0.1) is 5.52 Å². The molecule has 4 rings (SSSR count). The van der Waals surface area contributed by atoms with Crippen LogP contribution in [-0.2, 0) is 16.8 Å². The van der Waals surface area contributed by atoms with Gasteiger partial charge in [-0.15, -0.1) is 5.10 Å². The molecule has 1 N–H and O–H groups in total. The number of aromatic nitrogens is 4. The summed E-state index contributed by atoms with van der Waals surface area (Å²) in [6.45, 7) is 5.95. The van der Waals surface area contributed by atoms with Gasteiger partial charge in [-0.05, 0) is 25.0 Å². The standard InChI is InChI=1S/C18H21N5O2/c1-18(2,3)16-20-13-7-5-4-6-12(13)15-21-22(17(25)23(15)16)10-14(24)19-11-8-9-11/h4-7,11H,8-10H2,1-3H3,(H,19,24). The number of rotatable bonds is 3. The highest BCUT2D eigenvalue weighted by Crippen LogP contribution is 2.24. The minimum Gasteiger partial charge on any atom is -0.352 e. The van der Waals surface area contributed by atoms with Crippen molar-refractivity contribution in [1.82, 2.24) is 24.5 Å². The summed E-state index contributed by atoms with van der Waals surface area (Å²) in [7, 11) is 0. The molecule has 7 heteroatoms. The summed E-state index contributed by atoms with van der Waals surface area (Å²) in [4.78, 5) is 29.7. The van der Waals surface area contributed by atoms with Crippen LogP contribution < -0.4 is 11.0 Å². The number of fused-ring (bicyclic) bond motifs is 3. The number of para-hydroxylation sites is 1. The van der Waals surface area contributed by atoms with Crippen molar-refractivity contribution in [3.05, 3.63) is 40.6 Å². The first kappa shape index (κ1) is 15.8. The van der Waals surface area contributed by atoms with E-state index in [1.165, 1.54) is 9.08 Å². The quantitative estimate of drug-likeness (QED) is 0.786. The number of benzene rings is 1. The molecule has 1 aliphatic carbocycles. The second kappa shape index (κ2) is 5.40. The highest BCUT2D eigenvalue weighted by Gasteiger charge is 2.26. The Morgan fingerprint density at radius 1 is 1.28 bits per heavy atom. The van der Waals surface area contributed by atoms with Crippen molar-refractivity contribution < 1.29 is 4.79 Å². The molecule has 0 radical (unpaired) electrons. The molecule has 1 amide bonds. The Hall–Kier alpha value is -2.70. The van der Waals surface area contributed by atoms with Crippen LogP contribution in [0.1, 0.15) is 39.4 Å². The van der Waals surface area contributed by atoms with Gasteiger partial charge in [-0.2, -0.15) is 0 Å². The van der Waals surface area contributed by atoms with E-state index in [4.69, 9.17) is 4.98 Å². The van der Waals surface area contributed by atoms with Gasteiger partial charge in [0.15, 0.2) is 5.65 Å². The molecule has 1 fully saturated rings. The number of amides is 1. The number of carbonyl (C=O) groups excluding carboxylic acids is 1. The third-order valence-corrected chi connectivity index (χ3v) is 4.33. The minimum atomic E-state index is -0.337. The lowest BCUT2D eigenvalue weighted by atomic mass is 9.95. The third kappa shape index (κ3) is 2.79. The molecule has 3 aromatic rings. The first-order chi connectivity index (χ1) is 11.8. The van der Waals surface area contributed by atoms with Crippen molar-refractivity contribution in [3.8, 4) is 0 Å². The molecule has 2 heterocycles. The van der Waals surface area contributed by atoms with Crippen LogP contribution in [0.5, 0.6) is 0 Å². The van der Waals surface area contributed by atoms with E-state index in [0.29, 0.717) is 11.5 Å². The van der Waals surface area contributed by atoms with Gasteiger partial charge in [0, 0.05) is 16.8 Å². The summed E-state index contributed by atoms with van der Waals surface area (Å²) in [6, 6.07) is 7.87. The Morgan fingerprint density at radius 2 is 2.00 bits per heavy atom. The van der Waals surface area contributed by atoms with Gasteiger partial charge in [-0.1, -0.05) is 32.9 Å². The number of hydrogen-bond acceptors (Lipinski definition) is 4. The summed E-state index contributed by atoms with van der Waals surface area (Å²) < 4.78 is 2.77. The highest BCUT2D eigenvalue weighted by molar-refractivity contribution is 5.91. The molecule has 0 aliphatic heterocycles. The monoisotopic (exact) mass is 339 g/mol. The van der Waals surface area contributed by atoms with Crippen LogP contribution >= 0.6 is 0 Å². The molecule has 2 aromatic heterocycles. The first-order valence-electron chi connectivity index (χ1n) is 8.53. The molecule has 1 saturated carbocycles. The van der Waals surface area contributed by atoms with Crippen molar-refractivity contribution in [2.75, 3.05) is 0 Å². The second-order valence-corrected chi connectivity index (χ2v) is 7.64. The number of hydrogen-bond donors (Lipinski definition) is 1. The lowest BCUT2D eigenvalue weighted by Gasteiger charge is -2.19. The number of nitrogens with zero attached hydrogens (tertiary/aromatic N) is 4. The van der Waals surface area contributed by atoms with Crippen molar-refractivity contribution >= 4 is 22.5 Å². The Balaban J connectivity index is 1.92. The fraction of sp³-hybridized carbons (Fsp3) is 0.444. The van der Waals surface area contributed by atoms with E-state index in [1.807, 2.05) is 45.0 Å². The van der Waals surface area contributed by atoms with E-state index in [2.05, 4.69) is 10.4 Å². The fourth-order valence-corrected chi connectivity index (χ4v) is 2.94. The van der Waals surface area contributed by atoms with E-state index in [-0.39, 0.29) is 29.6 Å². The molecule has 25 heavy (non-hydrogen) atoms. The van der Waals surface area contributed by atoms with Crippen molar-refractivity contribution in [2.24, 2.45) is 0 Å². The normalized spacial score (nSPS) is 15.0. The maximum atomic E-state index is 12.9. The topological polar surface area (TPSA) is 81.3 Å². The molecule has 1 aliphatic rings. The molecule has 0 saturated heterocycles.